The van der Waals surface area contributed by atoms with Gasteiger partial charge in [-0.1, -0.05) is 59.5 Å². The van der Waals surface area contributed by atoms with Gasteiger partial charge in [-0.25, -0.2) is 0 Å². The molecule has 2 aromatic carbocycles. The van der Waals surface area contributed by atoms with Crippen molar-refractivity contribution in [3.8, 4) is 0 Å². The van der Waals surface area contributed by atoms with Crippen LogP contribution in [0.4, 0.5) is 16.5 Å². The number of carbonyl (C=O) groups excluding carboxylic acids is 1. The van der Waals surface area contributed by atoms with Crippen molar-refractivity contribution < 1.29 is 9.72 Å². The van der Waals surface area contributed by atoms with Crippen LogP contribution in [-0.4, -0.2) is 21.0 Å². The molecule has 3 rings (SSSR count). The highest BCUT2D eigenvalue weighted by molar-refractivity contribution is 8.02. The number of nitrogen functional groups attached to an aromatic ring is 1. The van der Waals surface area contributed by atoms with Gasteiger partial charge in [-0.05, 0) is 24.1 Å². The molecule has 1 atom stereocenters. The Morgan fingerprint density at radius 3 is 2.63 bits per heavy atom. The fourth-order valence-corrected chi connectivity index (χ4v) is 4.19. The molecule has 1 unspecified atom stereocenters. The Morgan fingerprint density at radius 2 is 2.00 bits per heavy atom. The molecule has 27 heavy (non-hydrogen) atoms. The Kier molecular flexibility index (Phi) is 5.67. The third-order valence-electron chi connectivity index (χ3n) is 3.59. The van der Waals surface area contributed by atoms with Crippen LogP contribution in [0.1, 0.15) is 16.4 Å². The van der Waals surface area contributed by atoms with E-state index in [-0.39, 0.29) is 11.4 Å². The lowest BCUT2D eigenvalue weighted by atomic mass is 10.1. The maximum atomic E-state index is 13.0. The Hall–Kier alpha value is -2.98. The summed E-state index contributed by atoms with van der Waals surface area (Å²) in [7, 11) is 0. The molecule has 138 valence electrons. The molecule has 0 aliphatic rings. The molecule has 0 aliphatic heterocycles. The van der Waals surface area contributed by atoms with E-state index >= 15 is 0 Å². The molecular formula is C17H15N5O3S2. The lowest BCUT2D eigenvalue weighted by Gasteiger charge is -2.15. The van der Waals surface area contributed by atoms with E-state index in [2.05, 4.69) is 15.5 Å². The molecule has 0 saturated heterocycles. The monoisotopic (exact) mass is 401 g/mol. The third-order valence-corrected chi connectivity index (χ3v) is 5.68. The van der Waals surface area contributed by atoms with Gasteiger partial charge in [0.15, 0.2) is 4.34 Å². The van der Waals surface area contributed by atoms with Gasteiger partial charge in [-0.2, -0.15) is 0 Å². The number of nitro groups is 1. The minimum Gasteiger partial charge on any atom is -0.374 e. The Morgan fingerprint density at radius 1 is 1.26 bits per heavy atom. The van der Waals surface area contributed by atoms with Crippen LogP contribution in [0, 0.1) is 17.0 Å². The maximum absolute atomic E-state index is 13.0. The minimum absolute atomic E-state index is 0.147. The number of hydrogen-bond acceptors (Lipinski definition) is 8. The zero-order valence-electron chi connectivity index (χ0n) is 14.2. The van der Waals surface area contributed by atoms with Gasteiger partial charge in [-0.3, -0.25) is 14.9 Å². The smallest absolute Gasteiger partial charge is 0.293 e. The van der Waals surface area contributed by atoms with Crippen LogP contribution in [0.3, 0.4) is 0 Å². The third kappa shape index (κ3) is 4.60. The molecule has 0 radical (unpaired) electrons. The van der Waals surface area contributed by atoms with E-state index in [0.717, 1.165) is 11.1 Å². The number of aryl methyl sites for hydroxylation is 1. The second-order valence-corrected chi connectivity index (χ2v) is 7.94. The summed E-state index contributed by atoms with van der Waals surface area (Å²) in [4.78, 5) is 23.7. The molecule has 0 fully saturated rings. The van der Waals surface area contributed by atoms with Gasteiger partial charge in [0.05, 0.1) is 4.92 Å². The molecule has 1 amide bonds. The van der Waals surface area contributed by atoms with Crippen LogP contribution in [0.2, 0.25) is 0 Å². The summed E-state index contributed by atoms with van der Waals surface area (Å²) >= 11 is 2.37. The van der Waals surface area contributed by atoms with Gasteiger partial charge in [-0.15, -0.1) is 10.2 Å². The van der Waals surface area contributed by atoms with E-state index in [1.165, 1.54) is 35.2 Å². The van der Waals surface area contributed by atoms with Crippen LogP contribution >= 0.6 is 23.1 Å². The average molecular weight is 401 g/mol. The number of nitrogens with one attached hydrogen (secondary N) is 1. The minimum atomic E-state index is -0.667. The SMILES string of the molecule is Cc1ccc(NC(=O)C(Sc2nnc(N)s2)c2ccccc2)c([N+](=O)[O-])c1. The first-order chi connectivity index (χ1) is 12.9. The van der Waals surface area contributed by atoms with Gasteiger partial charge in [0.1, 0.15) is 10.9 Å². The van der Waals surface area contributed by atoms with Crippen molar-refractivity contribution in [1.29, 1.82) is 0 Å². The number of rotatable bonds is 6. The highest BCUT2D eigenvalue weighted by Crippen LogP contribution is 2.38. The normalized spacial score (nSPS) is 11.7. The van der Waals surface area contributed by atoms with Crippen LogP contribution in [0.25, 0.3) is 0 Å². The summed E-state index contributed by atoms with van der Waals surface area (Å²) in [5.41, 5.74) is 7.08. The number of carbonyl (C=O) groups is 1. The van der Waals surface area contributed by atoms with Crippen molar-refractivity contribution in [3.63, 3.8) is 0 Å². The fraction of sp³-hybridized carbons (Fsp3) is 0.118. The number of nitro benzene ring substituents is 1. The number of benzene rings is 2. The van der Waals surface area contributed by atoms with Crippen molar-refractivity contribution in [2.24, 2.45) is 0 Å². The molecule has 0 aliphatic carbocycles. The van der Waals surface area contributed by atoms with Crippen molar-refractivity contribution in [1.82, 2.24) is 10.2 Å². The summed E-state index contributed by atoms with van der Waals surface area (Å²) in [5, 5.41) is 21.3. The molecule has 0 saturated carbocycles. The molecule has 3 aromatic rings. The Balaban J connectivity index is 1.91. The topological polar surface area (TPSA) is 124 Å². The Bertz CT molecular complexity index is 978. The summed E-state index contributed by atoms with van der Waals surface area (Å²) in [6.45, 7) is 1.75. The summed E-state index contributed by atoms with van der Waals surface area (Å²) < 4.78 is 0.537. The maximum Gasteiger partial charge on any atom is 0.293 e. The standard InChI is InChI=1S/C17H15N5O3S2/c1-10-7-8-12(13(9-10)22(24)25)19-15(23)14(11-5-3-2-4-6-11)26-17-21-20-16(18)27-17/h2-9,14H,1H3,(H2,18,20)(H,19,23). The number of thioether (sulfide) groups is 1. The number of anilines is 2. The molecule has 8 nitrogen and oxygen atoms in total. The first kappa shape index (κ1) is 18.8. The molecule has 1 aromatic heterocycles. The second kappa shape index (κ2) is 8.14. The molecule has 3 N–H and O–H groups in total. The quantitative estimate of drug-likeness (QED) is 0.365. The van der Waals surface area contributed by atoms with Gasteiger partial charge >= 0.3 is 0 Å². The summed E-state index contributed by atoms with van der Waals surface area (Å²) in [6, 6.07) is 13.8. The molecule has 1 heterocycles. The van der Waals surface area contributed by atoms with E-state index in [1.807, 2.05) is 30.3 Å². The molecule has 10 heteroatoms. The molecule has 0 spiro atoms. The second-order valence-electron chi connectivity index (χ2n) is 5.58. The van der Waals surface area contributed by atoms with Crippen molar-refractivity contribution in [3.05, 3.63) is 69.8 Å². The largest absolute Gasteiger partial charge is 0.374 e. The lowest BCUT2D eigenvalue weighted by molar-refractivity contribution is -0.384. The van der Waals surface area contributed by atoms with Crippen LogP contribution < -0.4 is 11.1 Å². The number of nitrogens with zero attached hydrogens (tertiary/aromatic N) is 3. The lowest BCUT2D eigenvalue weighted by Crippen LogP contribution is -2.19. The van der Waals surface area contributed by atoms with Gasteiger partial charge in [0.2, 0.25) is 11.0 Å². The van der Waals surface area contributed by atoms with E-state index in [9.17, 15) is 14.9 Å². The first-order valence-corrected chi connectivity index (χ1v) is 9.50. The van der Waals surface area contributed by atoms with Gasteiger partial charge in [0.25, 0.3) is 5.69 Å². The zero-order chi connectivity index (χ0) is 19.4. The molecular weight excluding hydrogens is 386 g/mol. The summed E-state index contributed by atoms with van der Waals surface area (Å²) in [5.74, 6) is -0.396. The highest BCUT2D eigenvalue weighted by atomic mass is 32.2. The number of hydrogen-bond donors (Lipinski definition) is 2. The van der Waals surface area contributed by atoms with Crippen LogP contribution in [-0.2, 0) is 4.79 Å². The average Bonchev–Trinajstić information content (AvgIpc) is 3.06. The van der Waals surface area contributed by atoms with Crippen molar-refractivity contribution in [2.45, 2.75) is 16.5 Å². The van der Waals surface area contributed by atoms with Crippen molar-refractivity contribution in [2.75, 3.05) is 11.1 Å². The number of nitrogens with two attached hydrogens (primary N) is 1. The zero-order valence-corrected chi connectivity index (χ0v) is 15.8. The Labute approximate surface area is 163 Å². The van der Waals surface area contributed by atoms with E-state index in [1.54, 1.807) is 13.0 Å². The number of amides is 1. The first-order valence-electron chi connectivity index (χ1n) is 7.80. The van der Waals surface area contributed by atoms with Crippen LogP contribution in [0.15, 0.2) is 52.9 Å². The van der Waals surface area contributed by atoms with Gasteiger partial charge in [0, 0.05) is 6.07 Å². The van der Waals surface area contributed by atoms with E-state index in [4.69, 9.17) is 5.73 Å². The van der Waals surface area contributed by atoms with Gasteiger partial charge < -0.3 is 11.1 Å². The highest BCUT2D eigenvalue weighted by Gasteiger charge is 2.26. The van der Waals surface area contributed by atoms with E-state index < -0.39 is 16.1 Å². The summed E-state index contributed by atoms with van der Waals surface area (Å²) in [6.07, 6.45) is 0. The van der Waals surface area contributed by atoms with E-state index in [0.29, 0.717) is 9.47 Å². The fourth-order valence-electron chi connectivity index (χ4n) is 2.37. The predicted molar refractivity (Wildman–Crippen MR) is 106 cm³/mol. The van der Waals surface area contributed by atoms with Crippen molar-refractivity contribution >= 4 is 45.5 Å². The predicted octanol–water partition coefficient (Wildman–Crippen LogP) is 3.81. The molecule has 0 bridgehead atoms. The number of aromatic nitrogens is 2. The van der Waals surface area contributed by atoms with Crippen LogP contribution in [0.5, 0.6) is 0 Å².